The minimum atomic E-state index is -0.143. The van der Waals surface area contributed by atoms with Crippen LogP contribution in [-0.2, 0) is 26.1 Å². The molecule has 0 saturated heterocycles. The number of fused-ring (bicyclic) bond motifs is 1. The van der Waals surface area contributed by atoms with Crippen LogP contribution < -0.4 is 5.32 Å². The molecule has 8 heteroatoms. The molecule has 1 aliphatic heterocycles. The van der Waals surface area contributed by atoms with E-state index in [1.54, 1.807) is 11.9 Å². The van der Waals surface area contributed by atoms with Gasteiger partial charge in [-0.1, -0.05) is 19.0 Å². The first-order valence-corrected chi connectivity index (χ1v) is 7.86. The van der Waals surface area contributed by atoms with E-state index < -0.39 is 0 Å². The Balaban J connectivity index is 1.65. The Morgan fingerprint density at radius 2 is 2.30 bits per heavy atom. The van der Waals surface area contributed by atoms with Crippen molar-refractivity contribution >= 4 is 5.91 Å². The van der Waals surface area contributed by atoms with Gasteiger partial charge in [0, 0.05) is 32.8 Å². The molecule has 0 bridgehead atoms. The van der Waals surface area contributed by atoms with E-state index in [1.807, 2.05) is 10.8 Å². The lowest BCUT2D eigenvalue weighted by Crippen LogP contribution is -2.27. The van der Waals surface area contributed by atoms with Gasteiger partial charge in [-0.2, -0.15) is 4.98 Å². The Hall–Kier alpha value is -2.22. The van der Waals surface area contributed by atoms with Gasteiger partial charge in [0.05, 0.1) is 6.54 Å². The fraction of sp³-hybridized carbons (Fsp3) is 0.600. The number of nitrogens with zero attached hydrogens (tertiary/aromatic N) is 5. The van der Waals surface area contributed by atoms with Gasteiger partial charge in [0.15, 0.2) is 5.82 Å². The average Bonchev–Trinajstić information content (AvgIpc) is 3.12. The summed E-state index contributed by atoms with van der Waals surface area (Å²) in [6, 6.07) is 0. The molecule has 0 aromatic carbocycles. The van der Waals surface area contributed by atoms with Crippen LogP contribution in [0.15, 0.2) is 10.7 Å². The highest BCUT2D eigenvalue weighted by Gasteiger charge is 2.21. The number of hydrogen-bond donors (Lipinski definition) is 1. The van der Waals surface area contributed by atoms with Crippen molar-refractivity contribution in [3.05, 3.63) is 29.4 Å². The SMILES string of the molecule is CC(C)Cc1noc(CN(C)C(=O)c2cn3c(n2)CNCC3)n1. The summed E-state index contributed by atoms with van der Waals surface area (Å²) in [4.78, 5) is 22.8. The monoisotopic (exact) mass is 318 g/mol. The second-order valence-corrected chi connectivity index (χ2v) is 6.28. The molecular formula is C15H22N6O2. The molecule has 0 atom stereocenters. The van der Waals surface area contributed by atoms with Gasteiger partial charge < -0.3 is 19.3 Å². The average molecular weight is 318 g/mol. The van der Waals surface area contributed by atoms with Crippen molar-refractivity contribution in [2.45, 2.75) is 39.9 Å². The smallest absolute Gasteiger partial charge is 0.274 e. The van der Waals surface area contributed by atoms with Crippen molar-refractivity contribution in [2.75, 3.05) is 13.6 Å². The van der Waals surface area contributed by atoms with E-state index in [4.69, 9.17) is 4.52 Å². The summed E-state index contributed by atoms with van der Waals surface area (Å²) in [7, 11) is 1.71. The first kappa shape index (κ1) is 15.7. The third-order valence-corrected chi connectivity index (χ3v) is 3.71. The molecule has 1 N–H and O–H groups in total. The van der Waals surface area contributed by atoms with Crippen molar-refractivity contribution in [3.63, 3.8) is 0 Å². The van der Waals surface area contributed by atoms with Gasteiger partial charge in [-0.15, -0.1) is 0 Å². The predicted molar refractivity (Wildman–Crippen MR) is 82.6 cm³/mol. The first-order valence-electron chi connectivity index (χ1n) is 7.86. The number of aromatic nitrogens is 4. The van der Waals surface area contributed by atoms with Crippen LogP contribution in [0.4, 0.5) is 0 Å². The molecule has 3 rings (SSSR count). The van der Waals surface area contributed by atoms with Gasteiger partial charge in [-0.25, -0.2) is 4.98 Å². The summed E-state index contributed by atoms with van der Waals surface area (Å²) in [5, 5.41) is 7.18. The molecular weight excluding hydrogens is 296 g/mol. The largest absolute Gasteiger partial charge is 0.337 e. The summed E-state index contributed by atoms with van der Waals surface area (Å²) in [5.41, 5.74) is 0.452. The Morgan fingerprint density at radius 1 is 1.48 bits per heavy atom. The van der Waals surface area contributed by atoms with E-state index in [0.29, 0.717) is 29.9 Å². The number of nitrogens with one attached hydrogen (secondary N) is 1. The van der Waals surface area contributed by atoms with Crippen molar-refractivity contribution < 1.29 is 9.32 Å². The minimum absolute atomic E-state index is 0.143. The van der Waals surface area contributed by atoms with Crippen molar-refractivity contribution in [1.82, 2.24) is 29.9 Å². The number of amides is 1. The molecule has 0 saturated carbocycles. The third kappa shape index (κ3) is 3.58. The Kier molecular flexibility index (Phi) is 4.42. The van der Waals surface area contributed by atoms with Crippen LogP contribution in [-0.4, -0.2) is 44.1 Å². The van der Waals surface area contributed by atoms with Crippen LogP contribution in [0.5, 0.6) is 0 Å². The van der Waals surface area contributed by atoms with E-state index >= 15 is 0 Å². The zero-order chi connectivity index (χ0) is 16.4. The molecule has 0 unspecified atom stereocenters. The molecule has 1 amide bonds. The van der Waals surface area contributed by atoms with Crippen LogP contribution in [0.2, 0.25) is 0 Å². The van der Waals surface area contributed by atoms with E-state index in [2.05, 4.69) is 34.3 Å². The van der Waals surface area contributed by atoms with Gasteiger partial charge >= 0.3 is 0 Å². The standard InChI is InChI=1S/C15H22N6O2/c1-10(2)6-12-18-14(23-19-12)9-20(3)15(22)11-8-21-5-4-16-7-13(21)17-11/h8,10,16H,4-7,9H2,1-3H3. The lowest BCUT2D eigenvalue weighted by Gasteiger charge is -2.13. The number of carbonyl (C=O) groups is 1. The highest BCUT2D eigenvalue weighted by Crippen LogP contribution is 2.11. The fourth-order valence-electron chi connectivity index (χ4n) is 2.56. The molecule has 0 spiro atoms. The minimum Gasteiger partial charge on any atom is -0.337 e. The Labute approximate surface area is 134 Å². The normalized spacial score (nSPS) is 14.1. The third-order valence-electron chi connectivity index (χ3n) is 3.71. The molecule has 2 aromatic rings. The van der Waals surface area contributed by atoms with Crippen LogP contribution in [0.25, 0.3) is 0 Å². The lowest BCUT2D eigenvalue weighted by molar-refractivity contribution is 0.0764. The zero-order valence-corrected chi connectivity index (χ0v) is 13.7. The second kappa shape index (κ2) is 6.49. The maximum absolute atomic E-state index is 12.5. The first-order chi connectivity index (χ1) is 11.0. The van der Waals surface area contributed by atoms with Gasteiger partial charge in [0.1, 0.15) is 18.1 Å². The van der Waals surface area contributed by atoms with Gasteiger partial charge in [-0.3, -0.25) is 4.79 Å². The molecule has 124 valence electrons. The summed E-state index contributed by atoms with van der Waals surface area (Å²) in [6.07, 6.45) is 2.58. The van der Waals surface area contributed by atoms with E-state index in [9.17, 15) is 4.79 Å². The molecule has 23 heavy (non-hydrogen) atoms. The van der Waals surface area contributed by atoms with Crippen molar-refractivity contribution in [2.24, 2.45) is 5.92 Å². The predicted octanol–water partition coefficient (Wildman–Crippen LogP) is 0.840. The lowest BCUT2D eigenvalue weighted by atomic mass is 10.1. The van der Waals surface area contributed by atoms with Crippen LogP contribution in [0.3, 0.4) is 0 Å². The van der Waals surface area contributed by atoms with Gasteiger partial charge in [0.2, 0.25) is 5.89 Å². The van der Waals surface area contributed by atoms with E-state index in [-0.39, 0.29) is 12.5 Å². The topological polar surface area (TPSA) is 89.1 Å². The highest BCUT2D eigenvalue weighted by atomic mass is 16.5. The number of imidazole rings is 1. The fourth-order valence-corrected chi connectivity index (χ4v) is 2.56. The Morgan fingerprint density at radius 3 is 3.04 bits per heavy atom. The molecule has 0 fully saturated rings. The molecule has 1 aliphatic rings. The Bertz CT molecular complexity index is 666. The second-order valence-electron chi connectivity index (χ2n) is 6.28. The maximum atomic E-state index is 12.5. The van der Waals surface area contributed by atoms with Crippen LogP contribution in [0.1, 0.15) is 41.9 Å². The van der Waals surface area contributed by atoms with Crippen LogP contribution >= 0.6 is 0 Å². The molecule has 0 radical (unpaired) electrons. The van der Waals surface area contributed by atoms with Crippen LogP contribution in [0, 0.1) is 5.92 Å². The summed E-state index contributed by atoms with van der Waals surface area (Å²) < 4.78 is 7.23. The zero-order valence-electron chi connectivity index (χ0n) is 13.7. The molecule has 8 nitrogen and oxygen atoms in total. The quantitative estimate of drug-likeness (QED) is 0.879. The molecule has 3 heterocycles. The maximum Gasteiger partial charge on any atom is 0.274 e. The number of hydrogen-bond acceptors (Lipinski definition) is 6. The van der Waals surface area contributed by atoms with Gasteiger partial charge in [0.25, 0.3) is 5.91 Å². The number of carbonyl (C=O) groups excluding carboxylic acids is 1. The summed E-state index contributed by atoms with van der Waals surface area (Å²) in [5.74, 6) is 2.34. The van der Waals surface area contributed by atoms with Crippen molar-refractivity contribution in [3.8, 4) is 0 Å². The summed E-state index contributed by atoms with van der Waals surface area (Å²) >= 11 is 0. The van der Waals surface area contributed by atoms with Gasteiger partial charge in [-0.05, 0) is 5.92 Å². The van der Waals surface area contributed by atoms with E-state index in [0.717, 1.165) is 25.3 Å². The summed E-state index contributed by atoms with van der Waals surface area (Å²) in [6.45, 7) is 6.90. The molecule has 0 aliphatic carbocycles. The van der Waals surface area contributed by atoms with E-state index in [1.165, 1.54) is 0 Å². The highest BCUT2D eigenvalue weighted by molar-refractivity contribution is 5.91. The molecule has 2 aromatic heterocycles. The van der Waals surface area contributed by atoms with Crippen molar-refractivity contribution in [1.29, 1.82) is 0 Å². The number of rotatable bonds is 5.